The Morgan fingerprint density at radius 3 is 2.94 bits per heavy atom. The number of hydrogen-bond acceptors (Lipinski definition) is 5. The summed E-state index contributed by atoms with van der Waals surface area (Å²) in [5, 5.41) is 0.779. The molecule has 0 saturated heterocycles. The Kier molecular flexibility index (Phi) is 3.53. The Labute approximate surface area is 104 Å². The van der Waals surface area contributed by atoms with Crippen LogP contribution in [0.2, 0.25) is 0 Å². The zero-order valence-electron chi connectivity index (χ0n) is 10.3. The van der Waals surface area contributed by atoms with E-state index in [9.17, 15) is 4.79 Å². The molecule has 1 aromatic heterocycles. The number of ether oxygens (including phenoxy) is 2. The molecule has 1 atom stereocenters. The maximum absolute atomic E-state index is 11.8. The van der Waals surface area contributed by atoms with Gasteiger partial charge in [0.1, 0.15) is 11.7 Å². The Morgan fingerprint density at radius 1 is 1.44 bits per heavy atom. The quantitative estimate of drug-likeness (QED) is 0.664. The number of nitrogen functional groups attached to an aromatic ring is 1. The third kappa shape index (κ3) is 2.62. The summed E-state index contributed by atoms with van der Waals surface area (Å²) in [6.45, 7) is 2.10. The van der Waals surface area contributed by atoms with Gasteiger partial charge in [0, 0.05) is 18.2 Å². The van der Waals surface area contributed by atoms with Gasteiger partial charge in [0.05, 0.1) is 6.61 Å². The molecule has 1 heterocycles. The van der Waals surface area contributed by atoms with Gasteiger partial charge in [-0.3, -0.25) is 0 Å². The third-order valence-corrected chi connectivity index (χ3v) is 2.45. The maximum atomic E-state index is 11.8. The molecule has 0 aliphatic heterocycles. The van der Waals surface area contributed by atoms with E-state index in [1.807, 2.05) is 0 Å². The molecule has 18 heavy (non-hydrogen) atoms. The van der Waals surface area contributed by atoms with Crippen LogP contribution in [0.4, 0.5) is 5.69 Å². The van der Waals surface area contributed by atoms with E-state index in [1.165, 1.54) is 0 Å². The third-order valence-electron chi connectivity index (χ3n) is 2.45. The zero-order valence-corrected chi connectivity index (χ0v) is 10.3. The molecule has 0 aliphatic rings. The van der Waals surface area contributed by atoms with Crippen LogP contribution in [0.3, 0.4) is 0 Å². The number of anilines is 1. The fourth-order valence-electron chi connectivity index (χ4n) is 1.67. The van der Waals surface area contributed by atoms with Gasteiger partial charge in [-0.15, -0.1) is 0 Å². The van der Waals surface area contributed by atoms with E-state index in [-0.39, 0.29) is 11.9 Å². The average molecular weight is 249 g/mol. The van der Waals surface area contributed by atoms with E-state index in [4.69, 9.17) is 19.6 Å². The Morgan fingerprint density at radius 2 is 2.22 bits per heavy atom. The molecular weight excluding hydrogens is 234 g/mol. The second-order valence-corrected chi connectivity index (χ2v) is 4.08. The summed E-state index contributed by atoms with van der Waals surface area (Å²) < 4.78 is 15.4. The van der Waals surface area contributed by atoms with Crippen molar-refractivity contribution < 1.29 is 18.7 Å². The van der Waals surface area contributed by atoms with E-state index >= 15 is 0 Å². The lowest BCUT2D eigenvalue weighted by molar-refractivity contribution is 0.00925. The van der Waals surface area contributed by atoms with Crippen LogP contribution in [0.15, 0.2) is 28.7 Å². The van der Waals surface area contributed by atoms with Gasteiger partial charge in [0.15, 0.2) is 0 Å². The van der Waals surface area contributed by atoms with Crippen LogP contribution >= 0.6 is 0 Å². The predicted octanol–water partition coefficient (Wildman–Crippen LogP) is 2.21. The van der Waals surface area contributed by atoms with Crippen molar-refractivity contribution in [3.05, 3.63) is 30.0 Å². The van der Waals surface area contributed by atoms with Gasteiger partial charge in [-0.25, -0.2) is 4.79 Å². The Balaban J connectivity index is 2.18. The Hall–Kier alpha value is -2.01. The normalized spacial score (nSPS) is 12.6. The van der Waals surface area contributed by atoms with Crippen molar-refractivity contribution in [2.75, 3.05) is 19.5 Å². The van der Waals surface area contributed by atoms with Crippen molar-refractivity contribution in [1.29, 1.82) is 0 Å². The highest BCUT2D eigenvalue weighted by atomic mass is 16.6. The largest absolute Gasteiger partial charge is 0.454 e. The van der Waals surface area contributed by atoms with E-state index in [0.717, 1.165) is 5.39 Å². The van der Waals surface area contributed by atoms with E-state index < -0.39 is 5.97 Å². The fraction of sp³-hybridized carbons (Fsp3) is 0.308. The van der Waals surface area contributed by atoms with Crippen molar-refractivity contribution in [1.82, 2.24) is 0 Å². The summed E-state index contributed by atoms with van der Waals surface area (Å²) in [6, 6.07) is 6.80. The number of nitrogens with two attached hydrogens (primary N) is 1. The molecule has 2 rings (SSSR count). The van der Waals surface area contributed by atoms with Crippen molar-refractivity contribution in [2.24, 2.45) is 0 Å². The number of hydrogen-bond donors (Lipinski definition) is 1. The van der Waals surface area contributed by atoms with Gasteiger partial charge in [0.2, 0.25) is 5.76 Å². The highest BCUT2D eigenvalue weighted by Gasteiger charge is 2.16. The fourth-order valence-corrected chi connectivity index (χ4v) is 1.67. The number of carbonyl (C=O) groups excluding carboxylic acids is 1. The summed E-state index contributed by atoms with van der Waals surface area (Å²) in [6.07, 6.45) is -0.319. The maximum Gasteiger partial charge on any atom is 0.374 e. The van der Waals surface area contributed by atoms with Crippen molar-refractivity contribution in [3.63, 3.8) is 0 Å². The van der Waals surface area contributed by atoms with E-state index in [0.29, 0.717) is 17.9 Å². The SMILES string of the molecule is COCC(C)OC(=O)c1cc2cc(N)ccc2o1. The first-order valence-electron chi connectivity index (χ1n) is 5.59. The van der Waals surface area contributed by atoms with Gasteiger partial charge in [-0.2, -0.15) is 0 Å². The van der Waals surface area contributed by atoms with E-state index in [2.05, 4.69) is 0 Å². The molecule has 5 nitrogen and oxygen atoms in total. The standard InChI is InChI=1S/C13H15NO4/c1-8(7-16-2)17-13(15)12-6-9-5-10(14)3-4-11(9)18-12/h3-6,8H,7,14H2,1-2H3. The lowest BCUT2D eigenvalue weighted by atomic mass is 10.2. The van der Waals surface area contributed by atoms with Crippen LogP contribution in [-0.2, 0) is 9.47 Å². The van der Waals surface area contributed by atoms with Gasteiger partial charge >= 0.3 is 5.97 Å². The molecule has 0 spiro atoms. The van der Waals surface area contributed by atoms with Crippen molar-refractivity contribution in [2.45, 2.75) is 13.0 Å². The van der Waals surface area contributed by atoms with Crippen LogP contribution < -0.4 is 5.73 Å². The highest BCUT2D eigenvalue weighted by molar-refractivity contribution is 5.93. The number of carbonyl (C=O) groups is 1. The lowest BCUT2D eigenvalue weighted by Crippen LogP contribution is -2.19. The number of esters is 1. The molecule has 0 bridgehead atoms. The molecule has 2 N–H and O–H groups in total. The summed E-state index contributed by atoms with van der Waals surface area (Å²) in [5.41, 5.74) is 6.88. The minimum absolute atomic E-state index is 0.165. The minimum atomic E-state index is -0.505. The molecule has 0 radical (unpaired) electrons. The van der Waals surface area contributed by atoms with Crippen molar-refractivity contribution in [3.8, 4) is 0 Å². The van der Waals surface area contributed by atoms with Crippen LogP contribution in [0.5, 0.6) is 0 Å². The molecule has 1 unspecified atom stereocenters. The summed E-state index contributed by atoms with van der Waals surface area (Å²) >= 11 is 0. The average Bonchev–Trinajstić information content (AvgIpc) is 2.72. The molecule has 5 heteroatoms. The van der Waals surface area contributed by atoms with Gasteiger partial charge in [0.25, 0.3) is 0 Å². The molecule has 0 saturated carbocycles. The summed E-state index contributed by atoms with van der Waals surface area (Å²) in [5.74, 6) is -0.340. The molecule has 96 valence electrons. The van der Waals surface area contributed by atoms with Crippen LogP contribution in [0.1, 0.15) is 17.5 Å². The number of methoxy groups -OCH3 is 1. The number of fused-ring (bicyclic) bond motifs is 1. The molecule has 0 aliphatic carbocycles. The summed E-state index contributed by atoms with van der Waals surface area (Å²) in [4.78, 5) is 11.8. The number of benzene rings is 1. The first kappa shape index (κ1) is 12.4. The van der Waals surface area contributed by atoms with Crippen LogP contribution in [0, 0.1) is 0 Å². The zero-order chi connectivity index (χ0) is 13.1. The monoisotopic (exact) mass is 249 g/mol. The number of furan rings is 1. The van der Waals surface area contributed by atoms with E-state index in [1.54, 1.807) is 38.3 Å². The smallest absolute Gasteiger partial charge is 0.374 e. The topological polar surface area (TPSA) is 74.7 Å². The second-order valence-electron chi connectivity index (χ2n) is 4.08. The highest BCUT2D eigenvalue weighted by Crippen LogP contribution is 2.22. The first-order chi connectivity index (χ1) is 8.60. The second kappa shape index (κ2) is 5.10. The van der Waals surface area contributed by atoms with Crippen LogP contribution in [-0.4, -0.2) is 25.8 Å². The van der Waals surface area contributed by atoms with Crippen molar-refractivity contribution >= 4 is 22.6 Å². The number of rotatable bonds is 4. The Bertz CT molecular complexity index is 561. The minimum Gasteiger partial charge on any atom is -0.454 e. The van der Waals surface area contributed by atoms with Gasteiger partial charge < -0.3 is 19.6 Å². The first-order valence-corrected chi connectivity index (χ1v) is 5.59. The molecule has 0 amide bonds. The predicted molar refractivity (Wildman–Crippen MR) is 67.4 cm³/mol. The molecule has 1 aromatic carbocycles. The lowest BCUT2D eigenvalue weighted by Gasteiger charge is -2.10. The van der Waals surface area contributed by atoms with Crippen LogP contribution in [0.25, 0.3) is 11.0 Å². The molecular formula is C13H15NO4. The van der Waals surface area contributed by atoms with Gasteiger partial charge in [-0.05, 0) is 31.2 Å². The molecule has 0 fully saturated rings. The summed E-state index contributed by atoms with van der Waals surface area (Å²) in [7, 11) is 1.55. The molecule has 2 aromatic rings. The van der Waals surface area contributed by atoms with Gasteiger partial charge in [-0.1, -0.05) is 0 Å².